The van der Waals surface area contributed by atoms with Gasteiger partial charge < -0.3 is 14.4 Å². The lowest BCUT2D eigenvalue weighted by atomic mass is 10.1. The number of ether oxygens (including phenoxy) is 2. The van der Waals surface area contributed by atoms with Gasteiger partial charge in [0.15, 0.2) is 11.5 Å². The Bertz CT molecular complexity index is 1110. The van der Waals surface area contributed by atoms with Gasteiger partial charge >= 0.3 is 0 Å². The quantitative estimate of drug-likeness (QED) is 0.452. The van der Waals surface area contributed by atoms with E-state index in [9.17, 15) is 14.4 Å². The van der Waals surface area contributed by atoms with Crippen LogP contribution in [0, 0.1) is 0 Å². The van der Waals surface area contributed by atoms with E-state index in [1.807, 2.05) is 24.3 Å². The molecule has 3 amide bonds. The molecule has 0 spiro atoms. The summed E-state index contributed by atoms with van der Waals surface area (Å²) < 4.78 is 12.4. The van der Waals surface area contributed by atoms with Gasteiger partial charge in [0, 0.05) is 17.6 Å². The lowest BCUT2D eigenvalue weighted by Crippen LogP contribution is -2.44. The molecule has 0 bridgehead atoms. The van der Waals surface area contributed by atoms with Gasteiger partial charge in [-0.05, 0) is 72.5 Å². The second-order valence-electron chi connectivity index (χ2n) is 8.03. The summed E-state index contributed by atoms with van der Waals surface area (Å²) in [4.78, 5) is 40.9. The number of halogens is 1. The van der Waals surface area contributed by atoms with Crippen molar-refractivity contribution in [3.05, 3.63) is 63.0 Å². The van der Waals surface area contributed by atoms with Crippen LogP contribution in [0.2, 0.25) is 0 Å². The van der Waals surface area contributed by atoms with Crippen molar-refractivity contribution in [3.8, 4) is 11.5 Å². The SMILES string of the molecule is COc1ccc(/C=C2\SC(=O)N(CC(=O)N3CCCCC3)C2=O)cc1OCc1ccc(Br)cc1. The summed E-state index contributed by atoms with van der Waals surface area (Å²) in [6, 6.07) is 13.1. The number of piperidine rings is 1. The Labute approximate surface area is 211 Å². The first kappa shape index (κ1) is 24.3. The Kier molecular flexibility index (Phi) is 7.95. The van der Waals surface area contributed by atoms with Crippen LogP contribution in [0.1, 0.15) is 30.4 Å². The maximum absolute atomic E-state index is 12.9. The molecule has 34 heavy (non-hydrogen) atoms. The van der Waals surface area contributed by atoms with Gasteiger partial charge in [0.25, 0.3) is 11.1 Å². The molecule has 2 saturated heterocycles. The number of amides is 3. The molecule has 0 unspecified atom stereocenters. The number of imide groups is 1. The first-order chi connectivity index (χ1) is 16.4. The van der Waals surface area contributed by atoms with Crippen molar-refractivity contribution >= 4 is 50.8 Å². The molecule has 2 aromatic carbocycles. The number of hydrogen-bond donors (Lipinski definition) is 0. The molecule has 178 valence electrons. The third-order valence-electron chi connectivity index (χ3n) is 5.67. The molecule has 2 fully saturated rings. The van der Waals surface area contributed by atoms with Crippen LogP contribution >= 0.6 is 27.7 Å². The molecule has 0 saturated carbocycles. The van der Waals surface area contributed by atoms with E-state index in [0.29, 0.717) is 36.8 Å². The molecule has 2 aliphatic rings. The minimum Gasteiger partial charge on any atom is -0.493 e. The topological polar surface area (TPSA) is 76.2 Å². The van der Waals surface area contributed by atoms with Crippen LogP contribution in [0.15, 0.2) is 51.8 Å². The van der Waals surface area contributed by atoms with Gasteiger partial charge in [0.2, 0.25) is 5.91 Å². The summed E-state index contributed by atoms with van der Waals surface area (Å²) in [5.41, 5.74) is 1.69. The normalized spacial score (nSPS) is 17.4. The molecule has 0 atom stereocenters. The molecule has 0 aliphatic carbocycles. The summed E-state index contributed by atoms with van der Waals surface area (Å²) >= 11 is 4.26. The lowest BCUT2D eigenvalue weighted by Gasteiger charge is -2.27. The van der Waals surface area contributed by atoms with Crippen molar-refractivity contribution in [2.24, 2.45) is 0 Å². The molecular weight excluding hydrogens is 520 g/mol. The van der Waals surface area contributed by atoms with Gasteiger partial charge in [-0.15, -0.1) is 0 Å². The standard InChI is InChI=1S/C25H25BrN2O5S/c1-32-20-10-7-18(13-21(20)33-16-17-5-8-19(26)9-6-17)14-22-24(30)28(25(31)34-22)15-23(29)27-11-3-2-4-12-27/h5-10,13-14H,2-4,11-12,15-16H2,1H3/b22-14-. The molecule has 7 nitrogen and oxygen atoms in total. The van der Waals surface area contributed by atoms with Crippen molar-refractivity contribution in [1.82, 2.24) is 9.80 Å². The van der Waals surface area contributed by atoms with Crippen LogP contribution in [0.25, 0.3) is 6.08 Å². The minimum absolute atomic E-state index is 0.184. The number of hydrogen-bond acceptors (Lipinski definition) is 6. The molecule has 0 aromatic heterocycles. The number of benzene rings is 2. The van der Waals surface area contributed by atoms with E-state index in [2.05, 4.69) is 15.9 Å². The number of thioether (sulfide) groups is 1. The van der Waals surface area contributed by atoms with Crippen LogP contribution in [0.4, 0.5) is 4.79 Å². The third-order valence-corrected chi connectivity index (χ3v) is 7.10. The Balaban J connectivity index is 1.46. The zero-order valence-corrected chi connectivity index (χ0v) is 21.2. The summed E-state index contributed by atoms with van der Waals surface area (Å²) in [6.07, 6.45) is 4.65. The largest absolute Gasteiger partial charge is 0.493 e. The monoisotopic (exact) mass is 544 g/mol. The van der Waals surface area contributed by atoms with E-state index >= 15 is 0 Å². The predicted molar refractivity (Wildman–Crippen MR) is 135 cm³/mol. The van der Waals surface area contributed by atoms with E-state index in [4.69, 9.17) is 9.47 Å². The van der Waals surface area contributed by atoms with E-state index < -0.39 is 11.1 Å². The van der Waals surface area contributed by atoms with Gasteiger partial charge in [0.05, 0.1) is 12.0 Å². The highest BCUT2D eigenvalue weighted by Gasteiger charge is 2.37. The fourth-order valence-corrected chi connectivity index (χ4v) is 4.91. The zero-order chi connectivity index (χ0) is 24.1. The van der Waals surface area contributed by atoms with Crippen molar-refractivity contribution in [2.45, 2.75) is 25.9 Å². The number of rotatable bonds is 7. The van der Waals surface area contributed by atoms with Gasteiger partial charge in [-0.3, -0.25) is 19.3 Å². The first-order valence-electron chi connectivity index (χ1n) is 11.0. The van der Waals surface area contributed by atoms with Crippen LogP contribution in [0.5, 0.6) is 11.5 Å². The summed E-state index contributed by atoms with van der Waals surface area (Å²) in [7, 11) is 1.56. The van der Waals surface area contributed by atoms with Gasteiger partial charge in [-0.25, -0.2) is 0 Å². The van der Waals surface area contributed by atoms with Crippen molar-refractivity contribution in [3.63, 3.8) is 0 Å². The Hall–Kier alpha value is -2.78. The number of carbonyl (C=O) groups is 3. The highest BCUT2D eigenvalue weighted by Crippen LogP contribution is 2.35. The zero-order valence-electron chi connectivity index (χ0n) is 18.8. The van der Waals surface area contributed by atoms with E-state index in [1.165, 1.54) is 0 Å². The predicted octanol–water partition coefficient (Wildman–Crippen LogP) is 5.09. The van der Waals surface area contributed by atoms with Crippen LogP contribution in [-0.2, 0) is 16.2 Å². The van der Waals surface area contributed by atoms with Crippen molar-refractivity contribution in [1.29, 1.82) is 0 Å². The minimum atomic E-state index is -0.450. The van der Waals surface area contributed by atoms with Crippen molar-refractivity contribution < 1.29 is 23.9 Å². The second-order valence-corrected chi connectivity index (χ2v) is 9.94. The summed E-state index contributed by atoms with van der Waals surface area (Å²) in [5, 5.41) is -0.429. The average Bonchev–Trinajstić information content (AvgIpc) is 3.11. The number of carbonyl (C=O) groups excluding carboxylic acids is 3. The van der Waals surface area contributed by atoms with Crippen LogP contribution < -0.4 is 9.47 Å². The maximum atomic E-state index is 12.9. The highest BCUT2D eigenvalue weighted by atomic mass is 79.9. The van der Waals surface area contributed by atoms with E-state index in [-0.39, 0.29) is 17.4 Å². The first-order valence-corrected chi connectivity index (χ1v) is 12.6. The summed E-state index contributed by atoms with van der Waals surface area (Å²) in [6.45, 7) is 1.49. The molecular formula is C25H25BrN2O5S. The number of likely N-dealkylation sites (tertiary alicyclic amines) is 1. The Morgan fingerprint density at radius 3 is 2.50 bits per heavy atom. The smallest absolute Gasteiger partial charge is 0.294 e. The Morgan fingerprint density at radius 1 is 1.06 bits per heavy atom. The molecule has 4 rings (SSSR count). The fraction of sp³-hybridized carbons (Fsp3) is 0.320. The molecule has 9 heteroatoms. The van der Waals surface area contributed by atoms with Gasteiger partial charge in [-0.1, -0.05) is 34.1 Å². The van der Waals surface area contributed by atoms with E-state index in [0.717, 1.165) is 46.0 Å². The highest BCUT2D eigenvalue weighted by molar-refractivity contribution is 9.10. The van der Waals surface area contributed by atoms with Crippen LogP contribution in [-0.4, -0.2) is 53.6 Å². The van der Waals surface area contributed by atoms with Crippen molar-refractivity contribution in [2.75, 3.05) is 26.7 Å². The maximum Gasteiger partial charge on any atom is 0.294 e. The number of nitrogens with zero attached hydrogens (tertiary/aromatic N) is 2. The lowest BCUT2D eigenvalue weighted by molar-refractivity contribution is -0.136. The molecule has 0 N–H and O–H groups in total. The van der Waals surface area contributed by atoms with Crippen LogP contribution in [0.3, 0.4) is 0 Å². The third kappa shape index (κ3) is 5.82. The van der Waals surface area contributed by atoms with E-state index in [1.54, 1.807) is 36.3 Å². The molecule has 2 aromatic rings. The van der Waals surface area contributed by atoms with Gasteiger partial charge in [-0.2, -0.15) is 0 Å². The average molecular weight is 545 g/mol. The Morgan fingerprint density at radius 2 is 1.79 bits per heavy atom. The molecule has 2 heterocycles. The molecule has 2 aliphatic heterocycles. The fourth-order valence-electron chi connectivity index (χ4n) is 3.80. The van der Waals surface area contributed by atoms with Gasteiger partial charge in [0.1, 0.15) is 13.2 Å². The molecule has 0 radical (unpaired) electrons. The summed E-state index contributed by atoms with van der Waals surface area (Å²) in [5.74, 6) is 0.456. The number of methoxy groups -OCH3 is 1. The second kappa shape index (κ2) is 11.1.